The molecule has 0 unspecified atom stereocenters. The number of ether oxygens (including phenoxy) is 2. The molecule has 39 heavy (non-hydrogen) atoms. The number of rotatable bonds is 6. The zero-order chi connectivity index (χ0) is 27.1. The summed E-state index contributed by atoms with van der Waals surface area (Å²) in [6, 6.07) is 21.3. The number of nitrogen functional groups attached to an aromatic ring is 1. The summed E-state index contributed by atoms with van der Waals surface area (Å²) in [6.45, 7) is 1.52. The lowest BCUT2D eigenvalue weighted by Crippen LogP contribution is -2.05. The summed E-state index contributed by atoms with van der Waals surface area (Å²) in [4.78, 5) is 27.9. The monoisotopic (exact) mass is 532 g/mol. The molecule has 2 N–H and O–H groups in total. The van der Waals surface area contributed by atoms with E-state index in [2.05, 4.69) is 4.98 Å². The van der Waals surface area contributed by atoms with Crippen molar-refractivity contribution in [3.05, 3.63) is 84.7 Å². The molecule has 0 radical (unpaired) electrons. The first-order valence-corrected chi connectivity index (χ1v) is 13.1. The van der Waals surface area contributed by atoms with E-state index in [-0.39, 0.29) is 5.78 Å². The molecule has 0 amide bonds. The Labute approximate surface area is 228 Å². The van der Waals surface area contributed by atoms with Crippen LogP contribution in [0.1, 0.15) is 17.3 Å². The maximum absolute atomic E-state index is 12.8. The van der Waals surface area contributed by atoms with Crippen LogP contribution < -0.4 is 15.2 Å². The Morgan fingerprint density at radius 3 is 2.33 bits per heavy atom. The highest BCUT2D eigenvalue weighted by molar-refractivity contribution is 7.26. The Bertz CT molecular complexity index is 1870. The minimum atomic E-state index is -0.137. The molecule has 192 valence electrons. The molecule has 0 bridgehead atoms. The first-order chi connectivity index (χ1) is 19.0. The molecule has 6 aromatic rings. The molecular weight excluding hydrogens is 508 g/mol. The fraction of sp³-hybridized carbons (Fsp3) is 0.0968. The van der Waals surface area contributed by atoms with Crippen LogP contribution in [0.5, 0.6) is 11.5 Å². The number of thiophene rings is 1. The average molecular weight is 533 g/mol. The molecular formula is C31H24N4O3S. The highest BCUT2D eigenvalue weighted by Crippen LogP contribution is 2.45. The predicted octanol–water partition coefficient (Wildman–Crippen LogP) is 7.04. The van der Waals surface area contributed by atoms with Gasteiger partial charge < -0.3 is 15.2 Å². The van der Waals surface area contributed by atoms with E-state index in [1.165, 1.54) is 18.3 Å². The van der Waals surface area contributed by atoms with Gasteiger partial charge in [-0.1, -0.05) is 36.4 Å². The van der Waals surface area contributed by atoms with Crippen LogP contribution in [-0.2, 0) is 0 Å². The number of carbonyl (C=O) groups excluding carboxylic acids is 1. The topological polar surface area (TPSA) is 100 Å². The highest BCUT2D eigenvalue weighted by atomic mass is 32.1. The van der Waals surface area contributed by atoms with Crippen molar-refractivity contribution in [1.29, 1.82) is 0 Å². The third-order valence-corrected chi connectivity index (χ3v) is 7.77. The lowest BCUT2D eigenvalue weighted by Gasteiger charge is -2.13. The molecule has 0 aliphatic carbocycles. The van der Waals surface area contributed by atoms with Gasteiger partial charge in [-0.15, -0.1) is 11.3 Å². The molecule has 2 aromatic carbocycles. The Morgan fingerprint density at radius 1 is 0.872 bits per heavy atom. The quantitative estimate of drug-likeness (QED) is 0.230. The molecule has 0 fully saturated rings. The van der Waals surface area contributed by atoms with Crippen LogP contribution in [0.2, 0.25) is 0 Å². The number of nitrogens with two attached hydrogens (primary N) is 1. The van der Waals surface area contributed by atoms with Crippen molar-refractivity contribution in [1.82, 2.24) is 15.0 Å². The molecule has 6 rings (SSSR count). The van der Waals surface area contributed by atoms with E-state index in [1.54, 1.807) is 26.6 Å². The zero-order valence-electron chi connectivity index (χ0n) is 21.6. The molecule has 7 nitrogen and oxygen atoms in total. The van der Waals surface area contributed by atoms with Gasteiger partial charge in [0.15, 0.2) is 17.3 Å². The van der Waals surface area contributed by atoms with Crippen LogP contribution in [0.15, 0.2) is 79.1 Å². The smallest absolute Gasteiger partial charge is 0.164 e. The van der Waals surface area contributed by atoms with Gasteiger partial charge in [0.1, 0.15) is 4.83 Å². The number of aromatic nitrogens is 3. The van der Waals surface area contributed by atoms with Crippen LogP contribution in [0.3, 0.4) is 0 Å². The van der Waals surface area contributed by atoms with E-state index in [0.717, 1.165) is 42.9 Å². The van der Waals surface area contributed by atoms with Crippen molar-refractivity contribution < 1.29 is 14.3 Å². The second kappa shape index (κ2) is 9.81. The normalized spacial score (nSPS) is 11.2. The molecule has 0 atom stereocenters. The van der Waals surface area contributed by atoms with E-state index in [0.29, 0.717) is 34.0 Å². The number of ketones is 1. The van der Waals surface area contributed by atoms with Gasteiger partial charge in [-0.3, -0.25) is 9.78 Å². The van der Waals surface area contributed by atoms with Gasteiger partial charge in [0.05, 0.1) is 47.1 Å². The van der Waals surface area contributed by atoms with Crippen molar-refractivity contribution in [3.63, 3.8) is 0 Å². The minimum absolute atomic E-state index is 0.137. The first kappa shape index (κ1) is 24.5. The highest BCUT2D eigenvalue weighted by Gasteiger charge is 2.24. The van der Waals surface area contributed by atoms with Gasteiger partial charge in [0.25, 0.3) is 0 Å². The van der Waals surface area contributed by atoms with Crippen LogP contribution >= 0.6 is 11.3 Å². The maximum atomic E-state index is 12.8. The van der Waals surface area contributed by atoms with Crippen molar-refractivity contribution in [2.75, 3.05) is 20.0 Å². The summed E-state index contributed by atoms with van der Waals surface area (Å²) in [6.07, 6.45) is 3.52. The molecule has 8 heteroatoms. The third-order valence-electron chi connectivity index (χ3n) is 6.66. The van der Waals surface area contributed by atoms with E-state index < -0.39 is 0 Å². The molecule has 4 heterocycles. The molecule has 0 saturated carbocycles. The van der Waals surface area contributed by atoms with Crippen molar-refractivity contribution in [2.45, 2.75) is 6.92 Å². The minimum Gasteiger partial charge on any atom is -0.493 e. The summed E-state index contributed by atoms with van der Waals surface area (Å²) in [5.41, 5.74) is 13.1. The maximum Gasteiger partial charge on any atom is 0.164 e. The Morgan fingerprint density at radius 2 is 1.64 bits per heavy atom. The summed E-state index contributed by atoms with van der Waals surface area (Å²) in [5.74, 6) is 1.11. The third kappa shape index (κ3) is 4.15. The molecule has 0 aliphatic rings. The van der Waals surface area contributed by atoms with Crippen molar-refractivity contribution in [3.8, 4) is 45.1 Å². The van der Waals surface area contributed by atoms with Crippen molar-refractivity contribution in [2.24, 2.45) is 0 Å². The fourth-order valence-electron chi connectivity index (χ4n) is 4.84. The molecule has 0 spiro atoms. The van der Waals surface area contributed by atoms with Gasteiger partial charge in [-0.2, -0.15) is 0 Å². The van der Waals surface area contributed by atoms with Gasteiger partial charge in [-0.05, 0) is 48.4 Å². The van der Waals surface area contributed by atoms with Crippen LogP contribution in [0, 0.1) is 0 Å². The number of Topliss-reactive ketones (excluding diaryl/α,β-unsaturated/α-hetero) is 1. The summed E-state index contributed by atoms with van der Waals surface area (Å²) in [7, 11) is 3.22. The van der Waals surface area contributed by atoms with Crippen LogP contribution in [0.4, 0.5) is 5.69 Å². The number of pyridine rings is 3. The number of hydrogen-bond acceptors (Lipinski definition) is 8. The van der Waals surface area contributed by atoms with Crippen LogP contribution in [-0.4, -0.2) is 35.0 Å². The molecule has 0 saturated heterocycles. The van der Waals surface area contributed by atoms with E-state index in [4.69, 9.17) is 25.2 Å². The van der Waals surface area contributed by atoms with E-state index >= 15 is 0 Å². The summed E-state index contributed by atoms with van der Waals surface area (Å²) in [5, 5.41) is 0.855. The van der Waals surface area contributed by atoms with Gasteiger partial charge in [0, 0.05) is 28.9 Å². The average Bonchev–Trinajstić information content (AvgIpc) is 3.36. The fourth-order valence-corrected chi connectivity index (χ4v) is 5.94. The largest absolute Gasteiger partial charge is 0.493 e. The number of anilines is 1. The number of methoxy groups -OCH3 is 2. The standard InChI is InChI=1S/C31H24N4O3S/c1-17(36)25-27(32)30-29(35-28(25)18-8-5-4-6-9-18)26-21(19-11-12-23(37-2)24(14-19)38-3)15-22(34-31(26)39-30)20-10-7-13-33-16-20/h4-16H,1-3H3,(H2,32,35). The Kier molecular flexibility index (Phi) is 6.17. The van der Waals surface area contributed by atoms with E-state index in [9.17, 15) is 4.79 Å². The van der Waals surface area contributed by atoms with Crippen molar-refractivity contribution >= 4 is 43.2 Å². The van der Waals surface area contributed by atoms with Crippen LogP contribution in [0.25, 0.3) is 54.1 Å². The summed E-state index contributed by atoms with van der Waals surface area (Å²) >= 11 is 1.43. The van der Waals surface area contributed by atoms with Gasteiger partial charge in [-0.25, -0.2) is 9.97 Å². The zero-order valence-corrected chi connectivity index (χ0v) is 22.4. The number of carbonyl (C=O) groups is 1. The second-order valence-corrected chi connectivity index (χ2v) is 10.00. The Balaban J connectivity index is 1.74. The lowest BCUT2D eigenvalue weighted by atomic mass is 9.97. The van der Waals surface area contributed by atoms with E-state index in [1.807, 2.05) is 66.7 Å². The lowest BCUT2D eigenvalue weighted by molar-refractivity contribution is 0.101. The molecule has 4 aromatic heterocycles. The molecule has 0 aliphatic heterocycles. The number of benzene rings is 2. The summed E-state index contributed by atoms with van der Waals surface area (Å²) < 4.78 is 11.8. The predicted molar refractivity (Wildman–Crippen MR) is 157 cm³/mol. The number of hydrogen-bond donors (Lipinski definition) is 1. The van der Waals surface area contributed by atoms with Gasteiger partial charge in [0.2, 0.25) is 0 Å². The number of fused-ring (bicyclic) bond motifs is 3. The Hall–Kier alpha value is -4.82. The number of nitrogens with zero attached hydrogens (tertiary/aromatic N) is 3. The first-order valence-electron chi connectivity index (χ1n) is 12.3. The second-order valence-electron chi connectivity index (χ2n) is 9.00. The van der Waals surface area contributed by atoms with Gasteiger partial charge >= 0.3 is 0 Å². The SMILES string of the molecule is COc1ccc(-c2cc(-c3cccnc3)nc3sc4c(N)c(C(C)=O)c(-c5ccccc5)nc4c23)cc1OC.